The molecule has 0 spiro atoms. The summed E-state index contributed by atoms with van der Waals surface area (Å²) in [6.45, 7) is 4.17. The zero-order valence-electron chi connectivity index (χ0n) is 22.0. The monoisotopic (exact) mass is 600 g/mol. The molecule has 2 N–H and O–H groups in total. The van der Waals surface area contributed by atoms with Gasteiger partial charge in [-0.05, 0) is 69.9 Å². The maximum Gasteiger partial charge on any atom is 0.408 e. The molecule has 7 nitrogen and oxygen atoms in total. The number of amides is 1. The van der Waals surface area contributed by atoms with Gasteiger partial charge in [0.05, 0.1) is 15.5 Å². The Morgan fingerprint density at radius 2 is 1.80 bits per heavy atom. The zero-order valence-corrected chi connectivity index (χ0v) is 23.6. The van der Waals surface area contributed by atoms with Crippen LogP contribution < -0.4 is 10.6 Å². The van der Waals surface area contributed by atoms with E-state index in [4.69, 9.17) is 11.6 Å². The number of benzene rings is 2. The predicted molar refractivity (Wildman–Crippen MR) is 142 cm³/mol. The van der Waals surface area contributed by atoms with E-state index in [9.17, 15) is 30.8 Å². The van der Waals surface area contributed by atoms with Crippen molar-refractivity contribution in [2.75, 3.05) is 0 Å². The molecule has 0 unspecified atom stereocenters. The van der Waals surface area contributed by atoms with Crippen molar-refractivity contribution in [3.05, 3.63) is 64.9 Å². The summed E-state index contributed by atoms with van der Waals surface area (Å²) in [6, 6.07) is 9.03. The molecule has 13 heteroatoms. The fraction of sp³-hybridized carbons (Fsp3) is 0.481. The van der Waals surface area contributed by atoms with Crippen molar-refractivity contribution in [3.8, 4) is 0 Å². The van der Waals surface area contributed by atoms with Crippen LogP contribution in [0.3, 0.4) is 0 Å². The van der Waals surface area contributed by atoms with Gasteiger partial charge < -0.3 is 10.6 Å². The number of aliphatic imine (C=N–C) groups is 1. The summed E-state index contributed by atoms with van der Waals surface area (Å²) in [7, 11) is -3.98. The molecule has 2 atom stereocenters. The van der Waals surface area contributed by atoms with Gasteiger partial charge in [0, 0.05) is 17.5 Å². The molecular formula is C27H29ClF4N4O3S. The van der Waals surface area contributed by atoms with E-state index in [0.29, 0.717) is 30.7 Å². The smallest absolute Gasteiger partial charge is 0.366 e. The SMILES string of the molecule is C[C@H](NC(=O)[C@@H]1N=C(C23CC(N(Cc4ccc(Cl)c(F)c4)S(=O)(=O)c4ccccc4)(C2)C3)NC1(C)C)C(F)(F)F. The van der Waals surface area contributed by atoms with Crippen LogP contribution in [0.1, 0.15) is 45.6 Å². The number of amidine groups is 1. The number of sulfonamides is 1. The van der Waals surface area contributed by atoms with Crippen molar-refractivity contribution in [1.29, 1.82) is 0 Å². The molecule has 216 valence electrons. The lowest BCUT2D eigenvalue weighted by atomic mass is 9.38. The van der Waals surface area contributed by atoms with E-state index in [1.54, 1.807) is 38.1 Å². The first-order chi connectivity index (χ1) is 18.5. The second-order valence-corrected chi connectivity index (χ2v) is 13.9. The number of alkyl halides is 3. The minimum absolute atomic E-state index is 0.0677. The van der Waals surface area contributed by atoms with E-state index in [-0.39, 0.29) is 16.5 Å². The summed E-state index contributed by atoms with van der Waals surface area (Å²) in [4.78, 5) is 17.4. The minimum Gasteiger partial charge on any atom is -0.366 e. The molecular weight excluding hydrogens is 572 g/mol. The van der Waals surface area contributed by atoms with Gasteiger partial charge in [0.2, 0.25) is 15.9 Å². The van der Waals surface area contributed by atoms with Gasteiger partial charge in [-0.3, -0.25) is 9.79 Å². The first kappa shape index (κ1) is 28.8. The Labute approximate surface area is 235 Å². The van der Waals surface area contributed by atoms with Crippen molar-refractivity contribution < 1.29 is 30.8 Å². The van der Waals surface area contributed by atoms with Gasteiger partial charge in [-0.1, -0.05) is 35.9 Å². The number of carbonyl (C=O) groups is 1. The lowest BCUT2D eigenvalue weighted by molar-refractivity contribution is -0.158. The molecule has 4 aliphatic rings. The lowest BCUT2D eigenvalue weighted by Gasteiger charge is -2.73. The van der Waals surface area contributed by atoms with Crippen molar-refractivity contribution in [1.82, 2.24) is 14.9 Å². The van der Waals surface area contributed by atoms with Crippen LogP contribution in [0, 0.1) is 11.2 Å². The molecule has 3 fully saturated rings. The summed E-state index contributed by atoms with van der Waals surface area (Å²) >= 11 is 5.83. The molecule has 3 aliphatic carbocycles. The van der Waals surface area contributed by atoms with Crippen LogP contribution in [0.15, 0.2) is 58.4 Å². The maximum absolute atomic E-state index is 14.2. The number of hydrogen-bond acceptors (Lipinski definition) is 5. The van der Waals surface area contributed by atoms with Crippen LogP contribution in [-0.4, -0.2) is 53.8 Å². The summed E-state index contributed by atoms with van der Waals surface area (Å²) in [5.74, 6) is -0.994. The minimum atomic E-state index is -4.58. The summed E-state index contributed by atoms with van der Waals surface area (Å²) in [5, 5.41) is 5.15. The molecule has 1 aliphatic heterocycles. The highest BCUT2D eigenvalue weighted by Gasteiger charge is 2.75. The van der Waals surface area contributed by atoms with Crippen LogP contribution in [-0.2, 0) is 21.4 Å². The molecule has 40 heavy (non-hydrogen) atoms. The summed E-state index contributed by atoms with van der Waals surface area (Å²) in [5.41, 5.74) is -1.79. The van der Waals surface area contributed by atoms with Crippen LogP contribution in [0.5, 0.6) is 0 Å². The number of nitrogens with zero attached hydrogens (tertiary/aromatic N) is 2. The molecule has 2 bridgehead atoms. The Balaban J connectivity index is 1.40. The molecule has 3 saturated carbocycles. The van der Waals surface area contributed by atoms with E-state index in [2.05, 4.69) is 10.3 Å². The number of hydrogen-bond donors (Lipinski definition) is 2. The van der Waals surface area contributed by atoms with Crippen LogP contribution in [0.25, 0.3) is 0 Å². The highest BCUT2D eigenvalue weighted by atomic mass is 35.5. The second kappa shape index (κ2) is 9.42. The maximum atomic E-state index is 14.2. The zero-order chi connectivity index (χ0) is 29.3. The largest absolute Gasteiger partial charge is 0.408 e. The molecule has 1 heterocycles. The number of carbonyl (C=O) groups excluding carboxylic acids is 1. The normalized spacial score (nSPS) is 27.7. The molecule has 0 aromatic heterocycles. The average molecular weight is 601 g/mol. The first-order valence-electron chi connectivity index (χ1n) is 12.7. The molecule has 0 saturated heterocycles. The van der Waals surface area contributed by atoms with Crippen molar-refractivity contribution in [3.63, 3.8) is 0 Å². The van der Waals surface area contributed by atoms with Gasteiger partial charge >= 0.3 is 6.18 Å². The van der Waals surface area contributed by atoms with E-state index in [0.717, 1.165) is 6.92 Å². The van der Waals surface area contributed by atoms with Gasteiger partial charge in [-0.2, -0.15) is 17.5 Å². The summed E-state index contributed by atoms with van der Waals surface area (Å²) in [6.07, 6.45) is -3.38. The van der Waals surface area contributed by atoms with E-state index >= 15 is 0 Å². The van der Waals surface area contributed by atoms with Crippen molar-refractivity contribution in [2.24, 2.45) is 10.4 Å². The second-order valence-electron chi connectivity index (χ2n) is 11.6. The molecule has 2 aromatic rings. The first-order valence-corrected chi connectivity index (χ1v) is 14.6. The molecule has 6 rings (SSSR count). The number of nitrogens with one attached hydrogen (secondary N) is 2. The van der Waals surface area contributed by atoms with Gasteiger partial charge in [0.15, 0.2) is 6.04 Å². The fourth-order valence-corrected chi connectivity index (χ4v) is 7.90. The van der Waals surface area contributed by atoms with Gasteiger partial charge in [0.25, 0.3) is 0 Å². The van der Waals surface area contributed by atoms with E-state index < -0.39 is 56.5 Å². The van der Waals surface area contributed by atoms with Gasteiger partial charge in [-0.15, -0.1) is 0 Å². The van der Waals surface area contributed by atoms with Crippen molar-refractivity contribution >= 4 is 33.4 Å². The standard InChI is InChI=1S/C27H29ClF4N4O3S/c1-16(27(30,31)32)33-22(37)21-24(2,3)35-23(34-21)25-13-26(14-25,15-25)36(12-17-9-10-19(28)20(29)11-17)40(38,39)18-7-5-4-6-8-18/h4-11,16,21H,12-15H2,1-3H3,(H,33,37)(H,34,35)/t16-,21-,25?,26?/m0/s1. The highest BCUT2D eigenvalue weighted by Crippen LogP contribution is 2.71. The van der Waals surface area contributed by atoms with Crippen LogP contribution in [0.4, 0.5) is 17.6 Å². The average Bonchev–Trinajstić information content (AvgIpc) is 3.13. The van der Waals surface area contributed by atoms with E-state index in [1.807, 2.05) is 5.32 Å². The quantitative estimate of drug-likeness (QED) is 0.426. The predicted octanol–water partition coefficient (Wildman–Crippen LogP) is 4.81. The van der Waals surface area contributed by atoms with Crippen LogP contribution in [0.2, 0.25) is 5.02 Å². The highest BCUT2D eigenvalue weighted by molar-refractivity contribution is 7.89. The van der Waals surface area contributed by atoms with Crippen molar-refractivity contribution in [2.45, 2.75) is 80.8 Å². The van der Waals surface area contributed by atoms with E-state index in [1.165, 1.54) is 28.6 Å². The molecule has 0 radical (unpaired) electrons. The number of rotatable bonds is 8. The Bertz CT molecular complexity index is 1460. The third-order valence-electron chi connectivity index (χ3n) is 8.16. The fourth-order valence-electron chi connectivity index (χ4n) is 6.01. The third kappa shape index (κ3) is 4.77. The summed E-state index contributed by atoms with van der Waals surface area (Å²) < 4.78 is 82.3. The van der Waals surface area contributed by atoms with Gasteiger partial charge in [-0.25, -0.2) is 12.8 Å². The topological polar surface area (TPSA) is 90.9 Å². The Morgan fingerprint density at radius 1 is 1.18 bits per heavy atom. The van der Waals surface area contributed by atoms with Gasteiger partial charge in [0.1, 0.15) is 17.7 Å². The molecule has 2 aromatic carbocycles. The molecule has 1 amide bonds. The Morgan fingerprint density at radius 3 is 2.38 bits per heavy atom. The van der Waals surface area contributed by atoms with Crippen LogP contribution >= 0.6 is 11.6 Å². The number of halogens is 5. The lowest BCUT2D eigenvalue weighted by Crippen LogP contribution is -2.78. The Kier molecular flexibility index (Phi) is 6.79. The third-order valence-corrected chi connectivity index (χ3v) is 10.4. The Hall–Kier alpha value is -2.70.